The Labute approximate surface area is 203 Å². The molecule has 2 aromatic carbocycles. The summed E-state index contributed by atoms with van der Waals surface area (Å²) in [5, 5.41) is 4.48. The number of rotatable bonds is 6. The Bertz CT molecular complexity index is 1390. The second-order valence-electron chi connectivity index (χ2n) is 8.86. The molecule has 0 saturated carbocycles. The van der Waals surface area contributed by atoms with Gasteiger partial charge in [0.05, 0.1) is 11.9 Å². The van der Waals surface area contributed by atoms with E-state index in [1.54, 1.807) is 17.6 Å². The van der Waals surface area contributed by atoms with Crippen LogP contribution in [-0.4, -0.2) is 44.4 Å². The number of ether oxygens (including phenoxy) is 1. The van der Waals surface area contributed by atoms with E-state index in [9.17, 15) is 9.59 Å². The summed E-state index contributed by atoms with van der Waals surface area (Å²) in [7, 11) is 0. The molecule has 1 aliphatic heterocycles. The Morgan fingerprint density at radius 1 is 1.06 bits per heavy atom. The number of nitrogens with two attached hydrogens (primary N) is 1. The Morgan fingerprint density at radius 3 is 2.34 bits per heavy atom. The standard InChI is InChI=1S/C27H27N5O3/c1-17(2)27(34)31-14-12-18(13-15-31)22-16-29-32-24(25(28)33)23(30-26(22)32)19-8-10-21(11-9-19)35-20-6-4-3-5-7-20/h3-11,16,18,30H,1,12-15H2,2H3,(H2,28,33). The van der Waals surface area contributed by atoms with E-state index in [2.05, 4.69) is 16.7 Å². The molecule has 8 heteroatoms. The van der Waals surface area contributed by atoms with Gasteiger partial charge in [0, 0.05) is 29.8 Å². The topological polar surface area (TPSA) is 106 Å². The van der Waals surface area contributed by atoms with Crippen LogP contribution in [0.15, 0.2) is 72.9 Å². The smallest absolute Gasteiger partial charge is 0.269 e. The highest BCUT2D eigenvalue weighted by molar-refractivity contribution is 5.98. The van der Waals surface area contributed by atoms with Gasteiger partial charge in [-0.25, -0.2) is 4.52 Å². The minimum Gasteiger partial charge on any atom is -0.457 e. The molecule has 0 unspecified atom stereocenters. The number of para-hydroxylation sites is 1. The molecule has 0 aliphatic carbocycles. The molecule has 4 aromatic rings. The number of aromatic amines is 1. The third-order valence-electron chi connectivity index (χ3n) is 6.43. The molecule has 3 heterocycles. The summed E-state index contributed by atoms with van der Waals surface area (Å²) in [6, 6.07) is 17.0. The molecule has 0 atom stereocenters. The van der Waals surface area contributed by atoms with E-state index in [4.69, 9.17) is 10.5 Å². The third-order valence-corrected chi connectivity index (χ3v) is 6.43. The van der Waals surface area contributed by atoms with Crippen LogP contribution < -0.4 is 10.5 Å². The fourth-order valence-electron chi connectivity index (χ4n) is 4.65. The number of piperidine rings is 1. The number of primary amides is 1. The molecule has 0 radical (unpaired) electrons. The van der Waals surface area contributed by atoms with Crippen LogP contribution in [0.2, 0.25) is 0 Å². The zero-order chi connectivity index (χ0) is 24.5. The SMILES string of the molecule is C=C(C)C(=O)N1CCC(c2cnn3c(C(N)=O)c(-c4ccc(Oc5ccccc5)cc4)[nH]c23)CC1. The van der Waals surface area contributed by atoms with E-state index < -0.39 is 5.91 Å². The third kappa shape index (κ3) is 4.30. The molecular weight excluding hydrogens is 442 g/mol. The average molecular weight is 470 g/mol. The maximum atomic E-state index is 12.4. The summed E-state index contributed by atoms with van der Waals surface area (Å²) in [5.41, 5.74) is 9.81. The summed E-state index contributed by atoms with van der Waals surface area (Å²) in [5.74, 6) is 1.09. The van der Waals surface area contributed by atoms with Crippen molar-refractivity contribution in [2.75, 3.05) is 13.1 Å². The summed E-state index contributed by atoms with van der Waals surface area (Å²) in [6.07, 6.45) is 3.41. The molecule has 1 saturated heterocycles. The van der Waals surface area contributed by atoms with Gasteiger partial charge >= 0.3 is 0 Å². The van der Waals surface area contributed by atoms with Gasteiger partial charge in [-0.1, -0.05) is 24.8 Å². The number of benzene rings is 2. The Hall–Kier alpha value is -4.33. The average Bonchev–Trinajstić information content (AvgIpc) is 3.44. The van der Waals surface area contributed by atoms with E-state index in [0.717, 1.165) is 35.4 Å². The van der Waals surface area contributed by atoms with Gasteiger partial charge < -0.3 is 20.4 Å². The number of hydrogen-bond acceptors (Lipinski definition) is 4. The minimum atomic E-state index is -0.563. The number of H-pyrrole nitrogens is 1. The van der Waals surface area contributed by atoms with Crippen molar-refractivity contribution in [3.8, 4) is 22.8 Å². The van der Waals surface area contributed by atoms with Crippen LogP contribution in [0.25, 0.3) is 16.9 Å². The summed E-state index contributed by atoms with van der Waals surface area (Å²) >= 11 is 0. The first-order valence-corrected chi connectivity index (χ1v) is 11.6. The molecule has 35 heavy (non-hydrogen) atoms. The van der Waals surface area contributed by atoms with Gasteiger partial charge in [0.1, 0.15) is 17.1 Å². The molecular formula is C27H27N5O3. The van der Waals surface area contributed by atoms with Crippen molar-refractivity contribution in [1.29, 1.82) is 0 Å². The quantitative estimate of drug-likeness (QED) is 0.406. The number of imidazole rings is 1. The first-order valence-electron chi connectivity index (χ1n) is 11.6. The van der Waals surface area contributed by atoms with Crippen LogP contribution in [0.1, 0.15) is 41.7 Å². The van der Waals surface area contributed by atoms with Crippen molar-refractivity contribution < 1.29 is 14.3 Å². The number of hydrogen-bond donors (Lipinski definition) is 2. The molecule has 1 aliphatic rings. The molecule has 8 nitrogen and oxygen atoms in total. The minimum absolute atomic E-state index is 0.00136. The van der Waals surface area contributed by atoms with Gasteiger partial charge in [0.25, 0.3) is 5.91 Å². The zero-order valence-electron chi connectivity index (χ0n) is 19.5. The maximum Gasteiger partial charge on any atom is 0.269 e. The number of carbonyl (C=O) groups is 2. The lowest BCUT2D eigenvalue weighted by molar-refractivity contribution is -0.128. The fourth-order valence-corrected chi connectivity index (χ4v) is 4.65. The van der Waals surface area contributed by atoms with Gasteiger partial charge in [0.2, 0.25) is 5.91 Å². The van der Waals surface area contributed by atoms with E-state index in [1.165, 1.54) is 0 Å². The molecule has 1 fully saturated rings. The lowest BCUT2D eigenvalue weighted by Crippen LogP contribution is -2.38. The first-order chi connectivity index (χ1) is 16.9. The monoisotopic (exact) mass is 469 g/mol. The van der Waals surface area contributed by atoms with E-state index in [0.29, 0.717) is 35.8 Å². The van der Waals surface area contributed by atoms with Gasteiger partial charge in [0.15, 0.2) is 5.69 Å². The zero-order valence-corrected chi connectivity index (χ0v) is 19.5. The second kappa shape index (κ2) is 9.13. The molecule has 0 bridgehead atoms. The van der Waals surface area contributed by atoms with Crippen molar-refractivity contribution in [1.82, 2.24) is 19.5 Å². The Morgan fingerprint density at radius 2 is 1.71 bits per heavy atom. The van der Waals surface area contributed by atoms with E-state index in [-0.39, 0.29) is 11.8 Å². The predicted octanol–water partition coefficient (Wildman–Crippen LogP) is 4.50. The number of nitrogens with zero attached hydrogens (tertiary/aromatic N) is 3. The first kappa shape index (κ1) is 22.5. The largest absolute Gasteiger partial charge is 0.457 e. The summed E-state index contributed by atoms with van der Waals surface area (Å²) in [6.45, 7) is 6.82. The van der Waals surface area contributed by atoms with Gasteiger partial charge in [-0.3, -0.25) is 9.59 Å². The number of likely N-dealkylation sites (tertiary alicyclic amines) is 1. The van der Waals surface area contributed by atoms with Crippen LogP contribution >= 0.6 is 0 Å². The second-order valence-corrected chi connectivity index (χ2v) is 8.86. The Balaban J connectivity index is 1.42. The molecule has 2 amide bonds. The molecule has 2 aromatic heterocycles. The predicted molar refractivity (Wildman–Crippen MR) is 133 cm³/mol. The highest BCUT2D eigenvalue weighted by Gasteiger charge is 2.28. The summed E-state index contributed by atoms with van der Waals surface area (Å²) in [4.78, 5) is 29.9. The lowest BCUT2D eigenvalue weighted by atomic mass is 9.91. The highest BCUT2D eigenvalue weighted by Crippen LogP contribution is 2.34. The van der Waals surface area contributed by atoms with Crippen LogP contribution in [0.5, 0.6) is 11.5 Å². The number of aromatic nitrogens is 3. The lowest BCUT2D eigenvalue weighted by Gasteiger charge is -2.31. The van der Waals surface area contributed by atoms with Crippen LogP contribution in [0.4, 0.5) is 0 Å². The fraction of sp³-hybridized carbons (Fsp3) is 0.222. The summed E-state index contributed by atoms with van der Waals surface area (Å²) < 4.78 is 7.47. The maximum absolute atomic E-state index is 12.4. The normalized spacial score (nSPS) is 14.3. The highest BCUT2D eigenvalue weighted by atomic mass is 16.5. The van der Waals surface area contributed by atoms with E-state index >= 15 is 0 Å². The van der Waals surface area contributed by atoms with Gasteiger partial charge in [-0.2, -0.15) is 5.10 Å². The van der Waals surface area contributed by atoms with Crippen molar-refractivity contribution in [3.63, 3.8) is 0 Å². The van der Waals surface area contributed by atoms with Crippen molar-refractivity contribution in [2.45, 2.75) is 25.7 Å². The van der Waals surface area contributed by atoms with Gasteiger partial charge in [-0.15, -0.1) is 0 Å². The number of fused-ring (bicyclic) bond motifs is 1. The van der Waals surface area contributed by atoms with Gasteiger partial charge in [-0.05, 0) is 62.1 Å². The number of carbonyl (C=O) groups excluding carboxylic acids is 2. The molecule has 3 N–H and O–H groups in total. The number of nitrogens with one attached hydrogen (secondary N) is 1. The van der Waals surface area contributed by atoms with Crippen molar-refractivity contribution >= 4 is 17.5 Å². The van der Waals surface area contributed by atoms with Crippen molar-refractivity contribution in [2.24, 2.45) is 5.73 Å². The van der Waals surface area contributed by atoms with E-state index in [1.807, 2.05) is 59.5 Å². The number of amides is 2. The molecule has 178 valence electrons. The molecule has 5 rings (SSSR count). The van der Waals surface area contributed by atoms with Crippen LogP contribution in [0, 0.1) is 0 Å². The van der Waals surface area contributed by atoms with Crippen molar-refractivity contribution in [3.05, 3.63) is 84.2 Å². The Kier molecular flexibility index (Phi) is 5.86. The van der Waals surface area contributed by atoms with Crippen LogP contribution in [-0.2, 0) is 4.79 Å². The van der Waals surface area contributed by atoms with Crippen LogP contribution in [0.3, 0.4) is 0 Å². The molecule has 0 spiro atoms.